The van der Waals surface area contributed by atoms with Crippen LogP contribution in [-0.4, -0.2) is 82.4 Å². The lowest BCUT2D eigenvalue weighted by atomic mass is 10.1. The number of piperidine rings is 1. The van der Waals surface area contributed by atoms with Crippen LogP contribution in [-0.2, 0) is 9.47 Å². The number of methoxy groups -OCH3 is 1. The largest absolute Gasteiger partial charge is 0.508 e. The normalized spacial score (nSPS) is 17.7. The summed E-state index contributed by atoms with van der Waals surface area (Å²) in [5.41, 5.74) is 1.61. The Morgan fingerprint density at radius 3 is 2.50 bits per heavy atom. The maximum absolute atomic E-state index is 11.8. The number of phenols is 1. The highest BCUT2D eigenvalue weighted by atomic mass is 16.5. The molecule has 0 saturated carbocycles. The van der Waals surface area contributed by atoms with E-state index in [1.54, 1.807) is 17.0 Å². The number of hydrogen-bond donors (Lipinski definition) is 1. The van der Waals surface area contributed by atoms with Crippen molar-refractivity contribution >= 4 is 22.9 Å². The van der Waals surface area contributed by atoms with Crippen molar-refractivity contribution in [2.24, 2.45) is 0 Å². The number of carbonyl (C=O) groups is 1. The van der Waals surface area contributed by atoms with E-state index in [0.717, 1.165) is 48.3 Å². The minimum Gasteiger partial charge on any atom is -0.508 e. The van der Waals surface area contributed by atoms with Crippen molar-refractivity contribution in [2.75, 3.05) is 51.4 Å². The van der Waals surface area contributed by atoms with Gasteiger partial charge in [0.1, 0.15) is 11.6 Å². The fourth-order valence-corrected chi connectivity index (χ4v) is 4.36. The molecular weight excluding hydrogens is 412 g/mol. The third-order valence-corrected chi connectivity index (χ3v) is 6.11. The summed E-state index contributed by atoms with van der Waals surface area (Å²) in [5.74, 6) is 1.64. The molecule has 4 heterocycles. The Kier molecular flexibility index (Phi) is 5.52. The van der Waals surface area contributed by atoms with E-state index in [9.17, 15) is 9.90 Å². The van der Waals surface area contributed by atoms with Crippen molar-refractivity contribution in [1.82, 2.24) is 24.6 Å². The molecule has 10 heteroatoms. The Labute approximate surface area is 185 Å². The van der Waals surface area contributed by atoms with Gasteiger partial charge in [0.15, 0.2) is 11.5 Å². The van der Waals surface area contributed by atoms with Gasteiger partial charge >= 0.3 is 6.09 Å². The van der Waals surface area contributed by atoms with E-state index in [1.165, 1.54) is 7.11 Å². The highest BCUT2D eigenvalue weighted by molar-refractivity contribution is 5.89. The predicted molar refractivity (Wildman–Crippen MR) is 118 cm³/mol. The number of amides is 1. The van der Waals surface area contributed by atoms with Crippen LogP contribution in [0.5, 0.6) is 5.75 Å². The van der Waals surface area contributed by atoms with Gasteiger partial charge < -0.3 is 24.4 Å². The van der Waals surface area contributed by atoms with E-state index in [4.69, 9.17) is 24.5 Å². The van der Waals surface area contributed by atoms with Crippen molar-refractivity contribution in [1.29, 1.82) is 0 Å². The number of aromatic hydroxyl groups is 1. The molecule has 5 rings (SSSR count). The molecule has 2 saturated heterocycles. The molecule has 2 aliphatic rings. The summed E-state index contributed by atoms with van der Waals surface area (Å²) in [7, 11) is 1.41. The number of anilines is 1. The average Bonchev–Trinajstić information content (AvgIpc) is 3.28. The van der Waals surface area contributed by atoms with Crippen molar-refractivity contribution in [3.05, 3.63) is 30.5 Å². The molecule has 32 heavy (non-hydrogen) atoms. The van der Waals surface area contributed by atoms with Gasteiger partial charge in [0.05, 0.1) is 37.9 Å². The summed E-state index contributed by atoms with van der Waals surface area (Å²) in [6.45, 7) is 4.05. The van der Waals surface area contributed by atoms with Crippen molar-refractivity contribution < 1.29 is 19.4 Å². The van der Waals surface area contributed by atoms with Gasteiger partial charge in [0.2, 0.25) is 0 Å². The van der Waals surface area contributed by atoms with Gasteiger partial charge in [-0.3, -0.25) is 0 Å². The van der Waals surface area contributed by atoms with Gasteiger partial charge in [-0.25, -0.2) is 19.4 Å². The number of rotatable bonds is 3. The first-order chi connectivity index (χ1) is 15.6. The van der Waals surface area contributed by atoms with Gasteiger partial charge in [-0.2, -0.15) is 5.10 Å². The van der Waals surface area contributed by atoms with Crippen LogP contribution < -0.4 is 4.90 Å². The van der Waals surface area contributed by atoms with E-state index < -0.39 is 0 Å². The van der Waals surface area contributed by atoms with E-state index in [1.807, 2.05) is 23.0 Å². The number of nitrogens with zero attached hydrogens (tertiary/aromatic N) is 6. The fraction of sp³-hybridized carbons (Fsp3) is 0.455. The Morgan fingerprint density at radius 1 is 1.09 bits per heavy atom. The maximum atomic E-state index is 11.8. The molecule has 1 amide bonds. The van der Waals surface area contributed by atoms with Crippen molar-refractivity contribution in [3.8, 4) is 17.1 Å². The highest BCUT2D eigenvalue weighted by Crippen LogP contribution is 2.32. The molecule has 2 aliphatic heterocycles. The first-order valence-electron chi connectivity index (χ1n) is 10.8. The van der Waals surface area contributed by atoms with Gasteiger partial charge in [0, 0.05) is 31.7 Å². The summed E-state index contributed by atoms with van der Waals surface area (Å²) < 4.78 is 12.3. The number of likely N-dealkylation sites (tertiary alicyclic amines) is 1. The van der Waals surface area contributed by atoms with Crippen molar-refractivity contribution in [2.45, 2.75) is 18.9 Å². The van der Waals surface area contributed by atoms with Gasteiger partial charge in [-0.1, -0.05) is 0 Å². The minimum absolute atomic E-state index is 0.133. The third kappa shape index (κ3) is 3.81. The number of carbonyl (C=O) groups excluding carboxylic acids is 1. The molecule has 168 valence electrons. The van der Waals surface area contributed by atoms with Crippen LogP contribution in [0.2, 0.25) is 0 Å². The summed E-state index contributed by atoms with van der Waals surface area (Å²) in [6.07, 6.45) is 3.10. The van der Waals surface area contributed by atoms with E-state index in [2.05, 4.69) is 4.90 Å². The summed E-state index contributed by atoms with van der Waals surface area (Å²) in [6, 6.07) is 7.03. The maximum Gasteiger partial charge on any atom is 0.409 e. The molecule has 1 aromatic carbocycles. The Hall–Kier alpha value is -3.40. The molecule has 0 bridgehead atoms. The van der Waals surface area contributed by atoms with Crippen LogP contribution in [0.3, 0.4) is 0 Å². The molecule has 2 fully saturated rings. The van der Waals surface area contributed by atoms with Crippen LogP contribution in [0.25, 0.3) is 22.4 Å². The van der Waals surface area contributed by atoms with Gasteiger partial charge in [0.25, 0.3) is 0 Å². The van der Waals surface area contributed by atoms with Gasteiger partial charge in [-0.05, 0) is 37.1 Å². The van der Waals surface area contributed by atoms with E-state index in [0.29, 0.717) is 32.1 Å². The lowest BCUT2D eigenvalue weighted by Crippen LogP contribution is -2.39. The third-order valence-electron chi connectivity index (χ3n) is 6.11. The lowest BCUT2D eigenvalue weighted by molar-refractivity contribution is 0.106. The topological polar surface area (TPSA) is 106 Å². The first-order valence-corrected chi connectivity index (χ1v) is 10.8. The lowest BCUT2D eigenvalue weighted by Gasteiger charge is -2.31. The van der Waals surface area contributed by atoms with Crippen molar-refractivity contribution in [3.63, 3.8) is 0 Å². The molecule has 10 nitrogen and oxygen atoms in total. The van der Waals surface area contributed by atoms with E-state index in [-0.39, 0.29) is 17.9 Å². The number of ether oxygens (including phenoxy) is 2. The quantitative estimate of drug-likeness (QED) is 0.665. The predicted octanol–water partition coefficient (Wildman–Crippen LogP) is 2.44. The molecule has 0 aliphatic carbocycles. The van der Waals surface area contributed by atoms with Crippen LogP contribution in [0, 0.1) is 0 Å². The van der Waals surface area contributed by atoms with Crippen LogP contribution in [0.4, 0.5) is 10.6 Å². The molecule has 0 spiro atoms. The zero-order valence-corrected chi connectivity index (χ0v) is 18.0. The van der Waals surface area contributed by atoms with Crippen LogP contribution in [0.1, 0.15) is 18.9 Å². The van der Waals surface area contributed by atoms with E-state index >= 15 is 0 Å². The standard InChI is InChI=1S/C22H26N6O4/c1-31-22(30)27-8-6-16(7-9-27)28-21-18(14-23-28)20(26-10-12-32-13-11-26)24-19(25-21)15-2-4-17(29)5-3-15/h2-5,14,16,29H,6-13H2,1H3. The van der Waals surface area contributed by atoms with Crippen LogP contribution >= 0.6 is 0 Å². The number of hydrogen-bond acceptors (Lipinski definition) is 8. The average molecular weight is 438 g/mol. The molecule has 1 N–H and O–H groups in total. The monoisotopic (exact) mass is 438 g/mol. The smallest absolute Gasteiger partial charge is 0.409 e. The number of benzene rings is 1. The Balaban J connectivity index is 1.54. The zero-order valence-electron chi connectivity index (χ0n) is 18.0. The molecule has 0 unspecified atom stereocenters. The highest BCUT2D eigenvalue weighted by Gasteiger charge is 2.28. The van der Waals surface area contributed by atoms with Gasteiger partial charge in [-0.15, -0.1) is 0 Å². The fourth-order valence-electron chi connectivity index (χ4n) is 4.36. The molecular formula is C22H26N6O4. The SMILES string of the molecule is COC(=O)N1CCC(n2ncc3c(N4CCOCC4)nc(-c4ccc(O)cc4)nc32)CC1. The summed E-state index contributed by atoms with van der Waals surface area (Å²) in [5, 5.41) is 15.3. The summed E-state index contributed by atoms with van der Waals surface area (Å²) >= 11 is 0. The Morgan fingerprint density at radius 2 is 1.81 bits per heavy atom. The first kappa shape index (κ1) is 20.5. The zero-order chi connectivity index (χ0) is 22.1. The molecule has 2 aromatic heterocycles. The second-order valence-corrected chi connectivity index (χ2v) is 8.03. The summed E-state index contributed by atoms with van der Waals surface area (Å²) in [4.78, 5) is 25.5. The molecule has 0 atom stereocenters. The second-order valence-electron chi connectivity index (χ2n) is 8.03. The number of morpholine rings is 1. The van der Waals surface area contributed by atoms with Crippen LogP contribution in [0.15, 0.2) is 30.5 Å². The number of fused-ring (bicyclic) bond motifs is 1. The molecule has 0 radical (unpaired) electrons. The minimum atomic E-state index is -0.291. The Bertz CT molecular complexity index is 1100. The molecule has 3 aromatic rings. The number of aromatic nitrogens is 4. The second kappa shape index (κ2) is 8.62. The number of phenolic OH excluding ortho intramolecular Hbond substituents is 1.